The molecule has 4 rings (SSSR count). The number of benzene rings is 2. The van der Waals surface area contributed by atoms with E-state index in [1.807, 2.05) is 0 Å². The van der Waals surface area contributed by atoms with Gasteiger partial charge >= 0.3 is 0 Å². The van der Waals surface area contributed by atoms with Gasteiger partial charge in [-0.2, -0.15) is 0 Å². The first-order chi connectivity index (χ1) is 12.2. The average molecular weight is 335 g/mol. The number of fused-ring (bicyclic) bond motifs is 1. The van der Waals surface area contributed by atoms with Crippen LogP contribution < -0.4 is 0 Å². The highest BCUT2D eigenvalue weighted by molar-refractivity contribution is 5.67. The summed E-state index contributed by atoms with van der Waals surface area (Å²) in [5.74, 6) is 0. The van der Waals surface area contributed by atoms with Crippen molar-refractivity contribution < 1.29 is 0 Å². The standard InChI is InChI=1S/C22H29N3/c1-18-6-3-4-9-22(18)20-8-5-7-19(14-20)15-24-11-13-25-12-10-23(2)16-21(25)17-24/h3-9,14,21H,10-13,15-17H2,1-2H3/t21-/m0/s1. The molecule has 0 N–H and O–H groups in total. The highest BCUT2D eigenvalue weighted by atomic mass is 15.3. The van der Waals surface area contributed by atoms with Gasteiger partial charge in [-0.25, -0.2) is 0 Å². The molecule has 0 aromatic heterocycles. The van der Waals surface area contributed by atoms with Crippen LogP contribution >= 0.6 is 0 Å². The molecule has 0 saturated carbocycles. The summed E-state index contributed by atoms with van der Waals surface area (Å²) in [5, 5.41) is 0. The van der Waals surface area contributed by atoms with Gasteiger partial charge in [0.25, 0.3) is 0 Å². The van der Waals surface area contributed by atoms with Gasteiger partial charge in [0.05, 0.1) is 0 Å². The molecule has 3 heteroatoms. The third-order valence-electron chi connectivity index (χ3n) is 5.77. The Morgan fingerprint density at radius 3 is 2.64 bits per heavy atom. The van der Waals surface area contributed by atoms with Crippen molar-refractivity contribution in [3.63, 3.8) is 0 Å². The van der Waals surface area contributed by atoms with E-state index < -0.39 is 0 Å². The van der Waals surface area contributed by atoms with Crippen molar-refractivity contribution in [2.45, 2.75) is 19.5 Å². The number of nitrogens with zero attached hydrogens (tertiary/aromatic N) is 3. The van der Waals surface area contributed by atoms with Crippen LogP contribution in [0.2, 0.25) is 0 Å². The highest BCUT2D eigenvalue weighted by Gasteiger charge is 2.30. The Balaban J connectivity index is 1.46. The Hall–Kier alpha value is -1.68. The lowest BCUT2D eigenvalue weighted by atomic mass is 9.98. The van der Waals surface area contributed by atoms with E-state index in [-0.39, 0.29) is 0 Å². The van der Waals surface area contributed by atoms with E-state index in [2.05, 4.69) is 77.2 Å². The van der Waals surface area contributed by atoms with Crippen LogP contribution in [0, 0.1) is 6.92 Å². The Morgan fingerprint density at radius 2 is 1.76 bits per heavy atom. The Labute approximate surface area is 151 Å². The zero-order valence-electron chi connectivity index (χ0n) is 15.5. The molecule has 2 aliphatic heterocycles. The number of aryl methyl sites for hydroxylation is 1. The monoisotopic (exact) mass is 335 g/mol. The van der Waals surface area contributed by atoms with Gasteiger partial charge in [0.2, 0.25) is 0 Å². The lowest BCUT2D eigenvalue weighted by molar-refractivity contribution is 0.0175. The van der Waals surface area contributed by atoms with E-state index in [1.165, 1.54) is 61.5 Å². The molecule has 2 heterocycles. The van der Waals surface area contributed by atoms with Crippen LogP contribution in [0.15, 0.2) is 48.5 Å². The molecule has 0 unspecified atom stereocenters. The molecule has 2 aromatic rings. The molecule has 132 valence electrons. The van der Waals surface area contributed by atoms with Crippen LogP contribution in [-0.4, -0.2) is 67.1 Å². The Kier molecular flexibility index (Phi) is 4.89. The third-order valence-corrected chi connectivity index (χ3v) is 5.77. The molecule has 2 aromatic carbocycles. The topological polar surface area (TPSA) is 9.72 Å². The third kappa shape index (κ3) is 3.79. The second kappa shape index (κ2) is 7.28. The van der Waals surface area contributed by atoms with Gasteiger partial charge in [0, 0.05) is 51.9 Å². The van der Waals surface area contributed by atoms with Crippen molar-refractivity contribution in [1.82, 2.24) is 14.7 Å². The van der Waals surface area contributed by atoms with Gasteiger partial charge in [-0.1, -0.05) is 42.5 Å². The molecule has 1 atom stereocenters. The quantitative estimate of drug-likeness (QED) is 0.853. The van der Waals surface area contributed by atoms with Gasteiger partial charge in [0.15, 0.2) is 0 Å². The van der Waals surface area contributed by atoms with Crippen LogP contribution in [-0.2, 0) is 6.54 Å². The lowest BCUT2D eigenvalue weighted by Crippen LogP contribution is -2.61. The van der Waals surface area contributed by atoms with E-state index >= 15 is 0 Å². The normalized spacial score (nSPS) is 22.7. The van der Waals surface area contributed by atoms with E-state index in [4.69, 9.17) is 0 Å². The largest absolute Gasteiger partial charge is 0.303 e. The summed E-state index contributed by atoms with van der Waals surface area (Å²) in [5.41, 5.74) is 5.46. The maximum absolute atomic E-state index is 2.68. The molecule has 0 aliphatic carbocycles. The SMILES string of the molecule is Cc1ccccc1-c1cccc(CN2CCN3CCN(C)C[C@H]3C2)c1. The molecule has 2 fully saturated rings. The molecule has 25 heavy (non-hydrogen) atoms. The summed E-state index contributed by atoms with van der Waals surface area (Å²) in [4.78, 5) is 7.79. The van der Waals surface area contributed by atoms with Crippen molar-refractivity contribution in [3.8, 4) is 11.1 Å². The second-order valence-electron chi connectivity index (χ2n) is 7.70. The van der Waals surface area contributed by atoms with Gasteiger partial charge < -0.3 is 4.90 Å². The number of likely N-dealkylation sites (N-methyl/N-ethyl adjacent to an activating group) is 1. The number of rotatable bonds is 3. The first-order valence-electron chi connectivity index (χ1n) is 9.49. The predicted octanol–water partition coefficient (Wildman–Crippen LogP) is 3.09. The van der Waals surface area contributed by atoms with Crippen LogP contribution in [0.4, 0.5) is 0 Å². The van der Waals surface area contributed by atoms with Crippen molar-refractivity contribution in [2.75, 3.05) is 46.3 Å². The maximum Gasteiger partial charge on any atom is 0.0351 e. The van der Waals surface area contributed by atoms with E-state index in [9.17, 15) is 0 Å². The smallest absolute Gasteiger partial charge is 0.0351 e. The molecule has 0 spiro atoms. The number of hydrogen-bond donors (Lipinski definition) is 0. The highest BCUT2D eigenvalue weighted by Crippen LogP contribution is 2.25. The van der Waals surface area contributed by atoms with Crippen molar-refractivity contribution in [3.05, 3.63) is 59.7 Å². The minimum absolute atomic E-state index is 0.701. The van der Waals surface area contributed by atoms with Crippen molar-refractivity contribution in [1.29, 1.82) is 0 Å². The average Bonchev–Trinajstić information content (AvgIpc) is 2.62. The van der Waals surface area contributed by atoms with Crippen molar-refractivity contribution in [2.24, 2.45) is 0 Å². The number of piperazine rings is 2. The second-order valence-corrected chi connectivity index (χ2v) is 7.70. The summed E-state index contributed by atoms with van der Waals surface area (Å²) in [6.07, 6.45) is 0. The Morgan fingerprint density at radius 1 is 0.920 bits per heavy atom. The van der Waals surface area contributed by atoms with Crippen molar-refractivity contribution >= 4 is 0 Å². The minimum Gasteiger partial charge on any atom is -0.303 e. The summed E-state index contributed by atoms with van der Waals surface area (Å²) in [7, 11) is 2.25. The maximum atomic E-state index is 2.68. The van der Waals surface area contributed by atoms with Crippen LogP contribution in [0.5, 0.6) is 0 Å². The fraction of sp³-hybridized carbons (Fsp3) is 0.455. The van der Waals surface area contributed by atoms with Crippen LogP contribution in [0.1, 0.15) is 11.1 Å². The van der Waals surface area contributed by atoms with Gasteiger partial charge in [-0.05, 0) is 42.3 Å². The van der Waals surface area contributed by atoms with Gasteiger partial charge in [0.1, 0.15) is 0 Å². The summed E-state index contributed by atoms with van der Waals surface area (Å²) < 4.78 is 0. The molecule has 2 saturated heterocycles. The van der Waals surface area contributed by atoms with E-state index in [1.54, 1.807) is 0 Å². The van der Waals surface area contributed by atoms with Gasteiger partial charge in [-0.3, -0.25) is 9.80 Å². The first-order valence-corrected chi connectivity index (χ1v) is 9.49. The fourth-order valence-electron chi connectivity index (χ4n) is 4.31. The molecule has 2 aliphatic rings. The van der Waals surface area contributed by atoms with Gasteiger partial charge in [-0.15, -0.1) is 0 Å². The van der Waals surface area contributed by atoms with E-state index in [0.717, 1.165) is 6.54 Å². The summed E-state index contributed by atoms with van der Waals surface area (Å²) in [6, 6.07) is 18.5. The predicted molar refractivity (Wildman–Crippen MR) is 105 cm³/mol. The molecular formula is C22H29N3. The Bertz CT molecular complexity index is 727. The van der Waals surface area contributed by atoms with Crippen LogP contribution in [0.3, 0.4) is 0 Å². The fourth-order valence-corrected chi connectivity index (χ4v) is 4.31. The first kappa shape index (κ1) is 16.8. The zero-order chi connectivity index (χ0) is 17.2. The minimum atomic E-state index is 0.701. The number of hydrogen-bond acceptors (Lipinski definition) is 3. The molecule has 3 nitrogen and oxygen atoms in total. The summed E-state index contributed by atoms with van der Waals surface area (Å²) in [6.45, 7) is 10.5. The van der Waals surface area contributed by atoms with Crippen LogP contribution in [0.25, 0.3) is 11.1 Å². The molecular weight excluding hydrogens is 306 g/mol. The molecule has 0 radical (unpaired) electrons. The summed E-state index contributed by atoms with van der Waals surface area (Å²) >= 11 is 0. The van der Waals surface area contributed by atoms with E-state index in [0.29, 0.717) is 6.04 Å². The molecule has 0 bridgehead atoms. The molecule has 0 amide bonds. The lowest BCUT2D eigenvalue weighted by Gasteiger charge is -2.46. The zero-order valence-corrected chi connectivity index (χ0v) is 15.5.